The van der Waals surface area contributed by atoms with Crippen LogP contribution in [0.3, 0.4) is 0 Å². The third-order valence-electron chi connectivity index (χ3n) is 6.52. The van der Waals surface area contributed by atoms with E-state index in [9.17, 15) is 4.79 Å². The maximum absolute atomic E-state index is 12.7. The molecule has 5 rings (SSSR count). The number of aromatic nitrogens is 1. The molecular weight excluding hydrogens is 446 g/mol. The molecule has 2 aliphatic heterocycles. The van der Waals surface area contributed by atoms with Crippen LogP contribution in [0, 0.1) is 0 Å². The summed E-state index contributed by atoms with van der Waals surface area (Å²) in [5, 5.41) is 3.94. The first kappa shape index (κ1) is 23.4. The number of ether oxygens (including phenoxy) is 2. The molecule has 1 aromatic carbocycles. The van der Waals surface area contributed by atoms with Gasteiger partial charge in [-0.2, -0.15) is 0 Å². The number of hydrogen-bond donors (Lipinski definition) is 1. The van der Waals surface area contributed by atoms with Gasteiger partial charge in [-0.3, -0.25) is 9.69 Å². The molecule has 0 saturated carbocycles. The molecule has 0 atom stereocenters. The van der Waals surface area contributed by atoms with Crippen LogP contribution >= 0.6 is 0 Å². The van der Waals surface area contributed by atoms with Gasteiger partial charge in [-0.15, -0.1) is 0 Å². The minimum atomic E-state index is -0.0548. The molecule has 1 N–H and O–H groups in total. The van der Waals surface area contributed by atoms with Gasteiger partial charge in [0.15, 0.2) is 28.5 Å². The molecule has 0 radical (unpaired) electrons. The lowest BCUT2D eigenvalue weighted by Gasteiger charge is -2.36. The Morgan fingerprint density at radius 1 is 1.03 bits per heavy atom. The molecule has 2 aliphatic rings. The quantitative estimate of drug-likeness (QED) is 0.524. The van der Waals surface area contributed by atoms with Crippen LogP contribution in [-0.4, -0.2) is 82.1 Å². The maximum Gasteiger partial charge on any atom is 0.200 e. The average molecular weight is 480 g/mol. The first-order chi connectivity index (χ1) is 17.2. The van der Waals surface area contributed by atoms with Crippen molar-refractivity contribution in [3.05, 3.63) is 52.8 Å². The van der Waals surface area contributed by atoms with Gasteiger partial charge in [-0.25, -0.2) is 4.98 Å². The minimum Gasteiger partial charge on any atom is -0.488 e. The van der Waals surface area contributed by atoms with Crippen LogP contribution in [0.15, 0.2) is 51.8 Å². The lowest BCUT2D eigenvalue weighted by atomic mass is 10.2. The predicted molar refractivity (Wildman–Crippen MR) is 138 cm³/mol. The van der Waals surface area contributed by atoms with Gasteiger partial charge in [0.2, 0.25) is 0 Å². The average Bonchev–Trinajstić information content (AvgIpc) is 2.90. The van der Waals surface area contributed by atoms with E-state index in [1.54, 1.807) is 12.1 Å². The number of rotatable bonds is 8. The highest BCUT2D eigenvalue weighted by molar-refractivity contribution is 5.83. The van der Waals surface area contributed by atoms with Crippen molar-refractivity contribution < 1.29 is 13.9 Å². The number of fused-ring (bicyclic) bond motifs is 1. The molecule has 0 amide bonds. The van der Waals surface area contributed by atoms with E-state index in [0.29, 0.717) is 55.5 Å². The summed E-state index contributed by atoms with van der Waals surface area (Å²) in [5.41, 5.74) is 1.54. The predicted octanol–water partition coefficient (Wildman–Crippen LogP) is 2.66. The van der Waals surface area contributed by atoms with Gasteiger partial charge >= 0.3 is 0 Å². The van der Waals surface area contributed by atoms with E-state index >= 15 is 0 Å². The standard InChI is InChI=1S/C26H33N5O4/c1-2-27-21-6-4-8-28-26(21)31-11-9-29(10-12-31)13-18-34-23-7-3-5-20-22(32)19-24(35-25(20)23)30-14-16-33-17-15-30/h3-8,19,27H,2,9-18H2,1H3. The Kier molecular flexibility index (Phi) is 7.34. The molecule has 9 nitrogen and oxygen atoms in total. The first-order valence-electron chi connectivity index (χ1n) is 12.4. The molecule has 2 saturated heterocycles. The zero-order valence-electron chi connectivity index (χ0n) is 20.2. The number of para-hydroxylation sites is 1. The third-order valence-corrected chi connectivity index (χ3v) is 6.52. The molecular formula is C26H33N5O4. The molecule has 4 heterocycles. The van der Waals surface area contributed by atoms with Crippen molar-refractivity contribution in [2.45, 2.75) is 6.92 Å². The number of nitrogens with zero attached hydrogens (tertiary/aromatic N) is 4. The zero-order valence-corrected chi connectivity index (χ0v) is 20.2. The highest BCUT2D eigenvalue weighted by atomic mass is 16.5. The second-order valence-electron chi connectivity index (χ2n) is 8.76. The fourth-order valence-electron chi connectivity index (χ4n) is 4.64. The lowest BCUT2D eigenvalue weighted by molar-refractivity contribution is 0.120. The maximum atomic E-state index is 12.7. The summed E-state index contributed by atoms with van der Waals surface area (Å²) >= 11 is 0. The van der Waals surface area contributed by atoms with Crippen LogP contribution in [0.2, 0.25) is 0 Å². The van der Waals surface area contributed by atoms with Crippen LogP contribution in [-0.2, 0) is 4.74 Å². The minimum absolute atomic E-state index is 0.0548. The largest absolute Gasteiger partial charge is 0.488 e. The van der Waals surface area contributed by atoms with Gasteiger partial charge in [0.05, 0.1) is 24.3 Å². The molecule has 186 valence electrons. The first-order valence-corrected chi connectivity index (χ1v) is 12.4. The molecule has 3 aromatic rings. The van der Waals surface area contributed by atoms with Crippen molar-refractivity contribution in [1.82, 2.24) is 9.88 Å². The number of benzene rings is 1. The summed E-state index contributed by atoms with van der Waals surface area (Å²) in [6, 6.07) is 11.1. The number of nitrogens with one attached hydrogen (secondary N) is 1. The number of pyridine rings is 1. The van der Waals surface area contributed by atoms with Crippen molar-refractivity contribution in [2.24, 2.45) is 0 Å². The summed E-state index contributed by atoms with van der Waals surface area (Å²) in [7, 11) is 0. The number of hydrogen-bond acceptors (Lipinski definition) is 9. The van der Waals surface area contributed by atoms with Crippen molar-refractivity contribution in [2.75, 3.05) is 87.3 Å². The Morgan fingerprint density at radius 3 is 2.66 bits per heavy atom. The van der Waals surface area contributed by atoms with E-state index in [4.69, 9.17) is 13.9 Å². The Balaban J connectivity index is 1.20. The summed E-state index contributed by atoms with van der Waals surface area (Å²) in [6.07, 6.45) is 1.85. The molecule has 0 aliphatic carbocycles. The second-order valence-corrected chi connectivity index (χ2v) is 8.76. The van der Waals surface area contributed by atoms with Crippen LogP contribution in [0.5, 0.6) is 5.75 Å². The van der Waals surface area contributed by atoms with E-state index < -0.39 is 0 Å². The molecule has 2 aromatic heterocycles. The molecule has 9 heteroatoms. The topological polar surface area (TPSA) is 83.3 Å². The van der Waals surface area contributed by atoms with Gasteiger partial charge in [0, 0.05) is 64.6 Å². The van der Waals surface area contributed by atoms with Crippen LogP contribution < -0.4 is 25.3 Å². The number of piperazine rings is 1. The van der Waals surface area contributed by atoms with Gasteiger partial charge in [-0.1, -0.05) is 6.07 Å². The van der Waals surface area contributed by atoms with Crippen molar-refractivity contribution >= 4 is 28.4 Å². The van der Waals surface area contributed by atoms with Gasteiger partial charge in [0.1, 0.15) is 6.61 Å². The van der Waals surface area contributed by atoms with E-state index in [1.807, 2.05) is 29.3 Å². The molecule has 0 bridgehead atoms. The SMILES string of the molecule is CCNc1cccnc1N1CCN(CCOc2cccc3c(=O)cc(N4CCOCC4)oc23)CC1. The van der Waals surface area contributed by atoms with E-state index in [1.165, 1.54) is 0 Å². The van der Waals surface area contributed by atoms with Crippen LogP contribution in [0.25, 0.3) is 11.0 Å². The van der Waals surface area contributed by atoms with E-state index in [0.717, 1.165) is 50.8 Å². The summed E-state index contributed by atoms with van der Waals surface area (Å²) in [4.78, 5) is 24.1. The zero-order chi connectivity index (χ0) is 24.0. The Hall–Kier alpha value is -3.30. The highest BCUT2D eigenvalue weighted by Crippen LogP contribution is 2.28. The third kappa shape index (κ3) is 5.36. The van der Waals surface area contributed by atoms with Crippen molar-refractivity contribution in [1.29, 1.82) is 0 Å². The fraction of sp³-hybridized carbons (Fsp3) is 0.462. The monoisotopic (exact) mass is 479 g/mol. The molecule has 0 spiro atoms. The highest BCUT2D eigenvalue weighted by Gasteiger charge is 2.21. The van der Waals surface area contributed by atoms with E-state index in [2.05, 4.69) is 33.1 Å². The Bertz CT molecular complexity index is 1190. The van der Waals surface area contributed by atoms with Crippen molar-refractivity contribution in [3.8, 4) is 5.75 Å². The van der Waals surface area contributed by atoms with E-state index in [-0.39, 0.29) is 5.43 Å². The van der Waals surface area contributed by atoms with Crippen LogP contribution in [0.4, 0.5) is 17.4 Å². The Labute approximate surface area is 205 Å². The van der Waals surface area contributed by atoms with Crippen molar-refractivity contribution in [3.63, 3.8) is 0 Å². The Morgan fingerprint density at radius 2 is 1.86 bits per heavy atom. The molecule has 2 fully saturated rings. The molecule has 35 heavy (non-hydrogen) atoms. The molecule has 0 unspecified atom stereocenters. The normalized spacial score (nSPS) is 17.1. The number of morpholine rings is 1. The second kappa shape index (κ2) is 11.0. The van der Waals surface area contributed by atoms with Gasteiger partial charge in [-0.05, 0) is 31.2 Å². The number of anilines is 3. The summed E-state index contributed by atoms with van der Waals surface area (Å²) in [6.45, 7) is 10.7. The van der Waals surface area contributed by atoms with Gasteiger partial charge in [0.25, 0.3) is 0 Å². The van der Waals surface area contributed by atoms with Crippen LogP contribution in [0.1, 0.15) is 6.92 Å². The van der Waals surface area contributed by atoms with Gasteiger partial charge < -0.3 is 29.0 Å². The fourth-order valence-corrected chi connectivity index (χ4v) is 4.64. The summed E-state index contributed by atoms with van der Waals surface area (Å²) < 4.78 is 17.7. The smallest absolute Gasteiger partial charge is 0.200 e. The lowest BCUT2D eigenvalue weighted by Crippen LogP contribution is -2.48. The summed E-state index contributed by atoms with van der Waals surface area (Å²) in [5.74, 6) is 2.20.